The Hall–Kier alpha value is -1.70. The van der Waals surface area contributed by atoms with Crippen molar-refractivity contribution in [2.45, 2.75) is 12.5 Å². The molecule has 21 heavy (non-hydrogen) atoms. The fraction of sp³-hybridized carbons (Fsp3) is 0.571. The van der Waals surface area contributed by atoms with E-state index in [4.69, 9.17) is 4.74 Å². The smallest absolute Gasteiger partial charge is 0.311 e. The zero-order chi connectivity index (χ0) is 15.2. The molecule has 1 aromatic rings. The SMILES string of the molecule is COc1ccc(C(O)CCN2CCNCC2)cc1[N+](=O)[O-]. The Kier molecular flexibility index (Phi) is 5.49. The lowest BCUT2D eigenvalue weighted by atomic mass is 10.0. The molecule has 1 fully saturated rings. The van der Waals surface area contributed by atoms with E-state index in [0.29, 0.717) is 12.0 Å². The van der Waals surface area contributed by atoms with Crippen molar-refractivity contribution in [1.82, 2.24) is 10.2 Å². The van der Waals surface area contributed by atoms with Gasteiger partial charge in [-0.2, -0.15) is 0 Å². The van der Waals surface area contributed by atoms with Gasteiger partial charge in [-0.15, -0.1) is 0 Å². The molecule has 7 nitrogen and oxygen atoms in total. The number of benzene rings is 1. The van der Waals surface area contributed by atoms with E-state index in [1.165, 1.54) is 19.2 Å². The van der Waals surface area contributed by atoms with Crippen LogP contribution >= 0.6 is 0 Å². The average Bonchev–Trinajstić information content (AvgIpc) is 2.52. The highest BCUT2D eigenvalue weighted by molar-refractivity contribution is 5.49. The zero-order valence-corrected chi connectivity index (χ0v) is 12.1. The maximum Gasteiger partial charge on any atom is 0.311 e. The van der Waals surface area contributed by atoms with E-state index >= 15 is 0 Å². The number of methoxy groups -OCH3 is 1. The van der Waals surface area contributed by atoms with E-state index in [1.54, 1.807) is 6.07 Å². The second kappa shape index (κ2) is 7.35. The monoisotopic (exact) mass is 295 g/mol. The third-order valence-corrected chi connectivity index (χ3v) is 3.71. The Morgan fingerprint density at radius 2 is 2.19 bits per heavy atom. The third kappa shape index (κ3) is 4.13. The van der Waals surface area contributed by atoms with Gasteiger partial charge < -0.3 is 20.1 Å². The number of nitro groups is 1. The van der Waals surface area contributed by atoms with Gasteiger partial charge in [0.05, 0.1) is 18.1 Å². The van der Waals surface area contributed by atoms with Gasteiger partial charge in [0, 0.05) is 38.8 Å². The van der Waals surface area contributed by atoms with E-state index in [0.717, 1.165) is 32.7 Å². The quantitative estimate of drug-likeness (QED) is 0.599. The molecular weight excluding hydrogens is 274 g/mol. The van der Waals surface area contributed by atoms with Crippen LogP contribution in [-0.4, -0.2) is 54.8 Å². The largest absolute Gasteiger partial charge is 0.490 e. The second-order valence-corrected chi connectivity index (χ2v) is 5.08. The van der Waals surface area contributed by atoms with Crippen LogP contribution in [-0.2, 0) is 0 Å². The van der Waals surface area contributed by atoms with Gasteiger partial charge in [-0.1, -0.05) is 6.07 Å². The van der Waals surface area contributed by atoms with E-state index < -0.39 is 11.0 Å². The first-order chi connectivity index (χ1) is 10.1. The summed E-state index contributed by atoms with van der Waals surface area (Å²) in [5.74, 6) is 0.207. The van der Waals surface area contributed by atoms with Crippen molar-refractivity contribution in [2.75, 3.05) is 39.8 Å². The number of aliphatic hydroxyl groups is 1. The van der Waals surface area contributed by atoms with E-state index in [1.807, 2.05) is 0 Å². The fourth-order valence-electron chi connectivity index (χ4n) is 2.46. The maximum atomic E-state index is 11.0. The first-order valence-corrected chi connectivity index (χ1v) is 7.05. The molecule has 0 bridgehead atoms. The summed E-state index contributed by atoms with van der Waals surface area (Å²) in [6.45, 7) is 4.64. The van der Waals surface area contributed by atoms with Crippen LogP contribution in [0.25, 0.3) is 0 Å². The van der Waals surface area contributed by atoms with Crippen LogP contribution in [0.3, 0.4) is 0 Å². The minimum atomic E-state index is -0.704. The summed E-state index contributed by atoms with van der Waals surface area (Å²) in [7, 11) is 1.39. The van der Waals surface area contributed by atoms with Crippen molar-refractivity contribution in [3.8, 4) is 5.75 Å². The summed E-state index contributed by atoms with van der Waals surface area (Å²) >= 11 is 0. The number of ether oxygens (including phenoxy) is 1. The normalized spacial score (nSPS) is 17.4. The zero-order valence-electron chi connectivity index (χ0n) is 12.1. The molecule has 1 aromatic carbocycles. The summed E-state index contributed by atoms with van der Waals surface area (Å²) in [5.41, 5.74) is 0.439. The third-order valence-electron chi connectivity index (χ3n) is 3.71. The van der Waals surface area contributed by atoms with Crippen LogP contribution in [0.4, 0.5) is 5.69 Å². The molecule has 1 saturated heterocycles. The highest BCUT2D eigenvalue weighted by atomic mass is 16.6. The van der Waals surface area contributed by atoms with Crippen LogP contribution in [0.5, 0.6) is 5.75 Å². The predicted molar refractivity (Wildman–Crippen MR) is 78.5 cm³/mol. The molecule has 2 rings (SSSR count). The number of nitrogens with zero attached hydrogens (tertiary/aromatic N) is 2. The minimum Gasteiger partial charge on any atom is -0.490 e. The van der Waals surface area contributed by atoms with E-state index in [2.05, 4.69) is 10.2 Å². The molecule has 0 aromatic heterocycles. The first kappa shape index (κ1) is 15.7. The molecule has 1 unspecified atom stereocenters. The standard InChI is InChI=1S/C14H21N3O4/c1-21-14-3-2-11(10-12(14)17(19)20)13(18)4-7-16-8-5-15-6-9-16/h2-3,10,13,15,18H,4-9H2,1H3. The van der Waals surface area contributed by atoms with Crippen LogP contribution in [0.15, 0.2) is 18.2 Å². The van der Waals surface area contributed by atoms with Gasteiger partial charge >= 0.3 is 5.69 Å². The average molecular weight is 295 g/mol. The Labute approximate surface area is 123 Å². The van der Waals surface area contributed by atoms with Crippen molar-refractivity contribution < 1.29 is 14.8 Å². The van der Waals surface area contributed by atoms with Crippen LogP contribution < -0.4 is 10.1 Å². The summed E-state index contributed by atoms with van der Waals surface area (Å²) in [6.07, 6.45) is -0.145. The Morgan fingerprint density at radius 1 is 1.48 bits per heavy atom. The minimum absolute atomic E-state index is 0.115. The van der Waals surface area contributed by atoms with E-state index in [9.17, 15) is 15.2 Å². The van der Waals surface area contributed by atoms with Crippen molar-refractivity contribution >= 4 is 5.69 Å². The number of nitro benzene ring substituents is 1. The molecule has 0 spiro atoms. The topological polar surface area (TPSA) is 87.9 Å². The van der Waals surface area contributed by atoms with Gasteiger partial charge in [-0.3, -0.25) is 10.1 Å². The van der Waals surface area contributed by atoms with E-state index in [-0.39, 0.29) is 11.4 Å². The number of hydrogen-bond acceptors (Lipinski definition) is 6. The van der Waals surface area contributed by atoms with Crippen molar-refractivity contribution in [1.29, 1.82) is 0 Å². The van der Waals surface area contributed by atoms with Crippen molar-refractivity contribution in [3.63, 3.8) is 0 Å². The highest BCUT2D eigenvalue weighted by Crippen LogP contribution is 2.30. The molecule has 1 heterocycles. The van der Waals surface area contributed by atoms with Gasteiger partial charge in [0.2, 0.25) is 0 Å². The lowest BCUT2D eigenvalue weighted by Crippen LogP contribution is -2.44. The molecular formula is C14H21N3O4. The Morgan fingerprint density at radius 3 is 2.81 bits per heavy atom. The lowest BCUT2D eigenvalue weighted by molar-refractivity contribution is -0.385. The predicted octanol–water partition coefficient (Wildman–Crippen LogP) is 0.932. The van der Waals surface area contributed by atoms with Crippen LogP contribution in [0, 0.1) is 10.1 Å². The number of nitrogens with one attached hydrogen (secondary N) is 1. The fourth-order valence-corrected chi connectivity index (χ4v) is 2.46. The van der Waals surface area contributed by atoms with Gasteiger partial charge in [0.1, 0.15) is 0 Å². The highest BCUT2D eigenvalue weighted by Gasteiger charge is 2.19. The molecule has 7 heteroatoms. The first-order valence-electron chi connectivity index (χ1n) is 7.05. The molecule has 0 radical (unpaired) electrons. The summed E-state index contributed by atoms with van der Waals surface area (Å²) < 4.78 is 4.96. The Balaban J connectivity index is 1.99. The molecule has 0 saturated carbocycles. The maximum absolute atomic E-state index is 11.0. The van der Waals surface area contributed by atoms with Gasteiger partial charge in [-0.25, -0.2) is 0 Å². The number of rotatable bonds is 6. The summed E-state index contributed by atoms with van der Waals surface area (Å²) in [6, 6.07) is 4.59. The number of piperazine rings is 1. The Bertz CT molecular complexity index is 489. The van der Waals surface area contributed by atoms with Crippen LogP contribution in [0.1, 0.15) is 18.1 Å². The molecule has 0 aliphatic carbocycles. The number of hydrogen-bond donors (Lipinski definition) is 2. The summed E-state index contributed by atoms with van der Waals surface area (Å²) in [5, 5.41) is 24.5. The molecule has 1 aliphatic rings. The molecule has 2 N–H and O–H groups in total. The van der Waals surface area contributed by atoms with Crippen LogP contribution in [0.2, 0.25) is 0 Å². The molecule has 116 valence electrons. The van der Waals surface area contributed by atoms with Crippen molar-refractivity contribution in [3.05, 3.63) is 33.9 Å². The molecule has 0 amide bonds. The van der Waals surface area contributed by atoms with Crippen molar-refractivity contribution in [2.24, 2.45) is 0 Å². The lowest BCUT2D eigenvalue weighted by Gasteiger charge is -2.27. The summed E-state index contributed by atoms with van der Waals surface area (Å²) in [4.78, 5) is 12.8. The molecule has 1 atom stereocenters. The van der Waals surface area contributed by atoms with Gasteiger partial charge in [0.25, 0.3) is 0 Å². The van der Waals surface area contributed by atoms with Gasteiger partial charge in [0.15, 0.2) is 5.75 Å². The number of aliphatic hydroxyl groups excluding tert-OH is 1. The van der Waals surface area contributed by atoms with Gasteiger partial charge in [-0.05, 0) is 18.1 Å². The molecule has 1 aliphatic heterocycles. The second-order valence-electron chi connectivity index (χ2n) is 5.08.